The van der Waals surface area contributed by atoms with Gasteiger partial charge in [-0.25, -0.2) is 0 Å². The van der Waals surface area contributed by atoms with Crippen molar-refractivity contribution in [1.82, 2.24) is 0 Å². The molecule has 4 nitrogen and oxygen atoms in total. The summed E-state index contributed by atoms with van der Waals surface area (Å²) < 4.78 is 11.1. The summed E-state index contributed by atoms with van der Waals surface area (Å²) in [6.07, 6.45) is 8.52. The summed E-state index contributed by atoms with van der Waals surface area (Å²) in [7, 11) is 0. The molecule has 0 spiro atoms. The molecule has 4 unspecified atom stereocenters. The van der Waals surface area contributed by atoms with Gasteiger partial charge in [-0.2, -0.15) is 0 Å². The Morgan fingerprint density at radius 1 is 0.571 bits per heavy atom. The zero-order valence-electron chi connectivity index (χ0n) is 22.9. The minimum atomic E-state index is 0.291. The Balaban J connectivity index is 2.73. The number of hydrogen-bond acceptors (Lipinski definition) is 4. The molecule has 0 radical (unpaired) electrons. The molecule has 2 rings (SSSR count). The zero-order valence-corrected chi connectivity index (χ0v) is 22.9. The van der Waals surface area contributed by atoms with Crippen LogP contribution in [0.5, 0.6) is 11.5 Å². The van der Waals surface area contributed by atoms with Gasteiger partial charge in [-0.1, -0.05) is 79.7 Å². The second kappa shape index (κ2) is 13.2. The Kier molecular flexibility index (Phi) is 10.7. The van der Waals surface area contributed by atoms with E-state index >= 15 is 0 Å². The van der Waals surface area contributed by atoms with E-state index in [9.17, 15) is 10.5 Å². The molecular weight excluding hydrogens is 432 g/mol. The SMILES string of the molecule is CCC(C)c1cc(Cc2cc(C(C)CC)c(OC#N)c(C(C)CC)c2)cc(C(C)CC)c1OC#N. The van der Waals surface area contributed by atoms with E-state index in [4.69, 9.17) is 9.47 Å². The number of rotatable bonds is 12. The van der Waals surface area contributed by atoms with Crippen molar-refractivity contribution in [3.05, 3.63) is 57.6 Å². The van der Waals surface area contributed by atoms with Crippen molar-refractivity contribution in [1.29, 1.82) is 10.5 Å². The number of hydrogen-bond donors (Lipinski definition) is 0. The van der Waals surface area contributed by atoms with Gasteiger partial charge in [0, 0.05) is 0 Å². The first-order valence-corrected chi connectivity index (χ1v) is 13.2. The molecule has 35 heavy (non-hydrogen) atoms. The van der Waals surface area contributed by atoms with Crippen molar-refractivity contribution in [3.63, 3.8) is 0 Å². The third kappa shape index (κ3) is 6.58. The van der Waals surface area contributed by atoms with Gasteiger partial charge in [0.1, 0.15) is 11.5 Å². The Morgan fingerprint density at radius 3 is 1.03 bits per heavy atom. The van der Waals surface area contributed by atoms with Gasteiger partial charge in [-0.05, 0) is 89.2 Å². The highest BCUT2D eigenvalue weighted by atomic mass is 16.5. The van der Waals surface area contributed by atoms with Crippen LogP contribution in [0.3, 0.4) is 0 Å². The summed E-state index contributed by atoms with van der Waals surface area (Å²) in [4.78, 5) is 0. The van der Waals surface area contributed by atoms with Crippen LogP contribution in [-0.2, 0) is 6.42 Å². The van der Waals surface area contributed by atoms with Crippen LogP contribution in [0.1, 0.15) is 138 Å². The summed E-state index contributed by atoms with van der Waals surface area (Å²) in [5, 5.41) is 18.7. The molecule has 0 bridgehead atoms. The van der Waals surface area contributed by atoms with Gasteiger partial charge in [-0.15, -0.1) is 10.5 Å². The Labute approximate surface area is 212 Å². The summed E-state index contributed by atoms with van der Waals surface area (Å²) >= 11 is 0. The zero-order chi connectivity index (χ0) is 26.1. The Morgan fingerprint density at radius 2 is 0.829 bits per heavy atom. The predicted molar refractivity (Wildman–Crippen MR) is 143 cm³/mol. The van der Waals surface area contributed by atoms with E-state index in [0.29, 0.717) is 23.7 Å². The number of benzene rings is 2. The molecule has 2 aromatic rings. The molecule has 4 heteroatoms. The second-order valence-corrected chi connectivity index (χ2v) is 10.0. The van der Waals surface area contributed by atoms with Gasteiger partial charge in [0.15, 0.2) is 0 Å². The van der Waals surface area contributed by atoms with Crippen LogP contribution >= 0.6 is 0 Å². The molecule has 0 N–H and O–H groups in total. The fraction of sp³-hybridized carbons (Fsp3) is 0.548. The highest BCUT2D eigenvalue weighted by molar-refractivity contribution is 5.52. The Hall–Kier alpha value is -2.98. The van der Waals surface area contributed by atoms with Gasteiger partial charge in [0.05, 0.1) is 0 Å². The van der Waals surface area contributed by atoms with Crippen LogP contribution in [0.4, 0.5) is 0 Å². The quantitative estimate of drug-likeness (QED) is 0.288. The van der Waals surface area contributed by atoms with Crippen LogP contribution in [0.25, 0.3) is 0 Å². The maximum absolute atomic E-state index is 9.36. The molecule has 0 saturated heterocycles. The standard InChI is InChI=1S/C31H42N2O2/c1-9-20(5)26-14-24(15-27(21(6)10-2)30(26)34-18-32)13-25-16-28(22(7)11-3)31(35-19-33)29(17-25)23(8)12-4/h14-17,20-23H,9-13H2,1-8H3. The first kappa shape index (κ1) is 28.3. The summed E-state index contributed by atoms with van der Waals surface area (Å²) in [5.41, 5.74) is 6.87. The molecule has 0 saturated carbocycles. The molecule has 0 fully saturated rings. The van der Waals surface area contributed by atoms with E-state index in [1.807, 2.05) is 12.5 Å². The van der Waals surface area contributed by atoms with E-state index in [-0.39, 0.29) is 0 Å². The lowest BCUT2D eigenvalue weighted by Crippen LogP contribution is -2.07. The fourth-order valence-electron chi connectivity index (χ4n) is 4.59. The predicted octanol–water partition coefficient (Wildman–Crippen LogP) is 9.05. The smallest absolute Gasteiger partial charge is 0.292 e. The summed E-state index contributed by atoms with van der Waals surface area (Å²) in [5.74, 6) is 2.63. The molecule has 0 aliphatic rings. The maximum atomic E-state index is 9.36. The van der Waals surface area contributed by atoms with E-state index in [2.05, 4.69) is 79.7 Å². The average Bonchev–Trinajstić information content (AvgIpc) is 2.88. The molecule has 2 aromatic carbocycles. The minimum Gasteiger partial charge on any atom is -0.387 e. The number of nitriles is 2. The van der Waals surface area contributed by atoms with Crippen molar-refractivity contribution in [2.45, 2.75) is 111 Å². The number of ether oxygens (including phenoxy) is 2. The third-order valence-electron chi connectivity index (χ3n) is 7.69. The van der Waals surface area contributed by atoms with Gasteiger partial charge in [-0.3, -0.25) is 0 Å². The van der Waals surface area contributed by atoms with Crippen LogP contribution in [0, 0.1) is 23.0 Å². The van der Waals surface area contributed by atoms with Crippen LogP contribution in [-0.4, -0.2) is 0 Å². The van der Waals surface area contributed by atoms with Crippen molar-refractivity contribution < 1.29 is 9.47 Å². The largest absolute Gasteiger partial charge is 0.387 e. The Bertz CT molecular complexity index is 929. The molecule has 0 aliphatic carbocycles. The van der Waals surface area contributed by atoms with Gasteiger partial charge < -0.3 is 9.47 Å². The van der Waals surface area contributed by atoms with Crippen molar-refractivity contribution in [2.75, 3.05) is 0 Å². The monoisotopic (exact) mass is 474 g/mol. The number of nitrogens with zero attached hydrogens (tertiary/aromatic N) is 2. The first-order valence-electron chi connectivity index (χ1n) is 13.2. The lowest BCUT2D eigenvalue weighted by atomic mass is 9.84. The second-order valence-electron chi connectivity index (χ2n) is 10.0. The maximum Gasteiger partial charge on any atom is 0.292 e. The first-order chi connectivity index (χ1) is 16.8. The third-order valence-corrected chi connectivity index (χ3v) is 7.69. The molecule has 188 valence electrons. The average molecular weight is 475 g/mol. The highest BCUT2D eigenvalue weighted by Crippen LogP contribution is 2.41. The molecule has 0 heterocycles. The normalized spacial score (nSPS) is 14.3. The molecule has 4 atom stereocenters. The summed E-state index contributed by atoms with van der Waals surface area (Å²) in [6, 6.07) is 8.88. The van der Waals surface area contributed by atoms with E-state index in [1.54, 1.807) is 0 Å². The van der Waals surface area contributed by atoms with Crippen LogP contribution in [0.2, 0.25) is 0 Å². The van der Waals surface area contributed by atoms with E-state index in [0.717, 1.165) is 65.9 Å². The van der Waals surface area contributed by atoms with Gasteiger partial charge in [0.25, 0.3) is 12.5 Å². The lowest BCUT2D eigenvalue weighted by molar-refractivity contribution is 0.478. The molecule has 0 aliphatic heterocycles. The van der Waals surface area contributed by atoms with Gasteiger partial charge >= 0.3 is 0 Å². The van der Waals surface area contributed by atoms with Crippen molar-refractivity contribution in [3.8, 4) is 24.0 Å². The van der Waals surface area contributed by atoms with Gasteiger partial charge in [0.2, 0.25) is 0 Å². The lowest BCUT2D eigenvalue weighted by Gasteiger charge is -2.23. The summed E-state index contributed by atoms with van der Waals surface area (Å²) in [6.45, 7) is 17.4. The highest BCUT2D eigenvalue weighted by Gasteiger charge is 2.23. The molecule has 0 aromatic heterocycles. The molecular formula is C31H42N2O2. The van der Waals surface area contributed by atoms with E-state index < -0.39 is 0 Å². The van der Waals surface area contributed by atoms with Crippen molar-refractivity contribution in [2.24, 2.45) is 0 Å². The van der Waals surface area contributed by atoms with Crippen molar-refractivity contribution >= 4 is 0 Å². The minimum absolute atomic E-state index is 0.291. The topological polar surface area (TPSA) is 66.0 Å². The van der Waals surface area contributed by atoms with Crippen LogP contribution < -0.4 is 9.47 Å². The van der Waals surface area contributed by atoms with Crippen LogP contribution in [0.15, 0.2) is 24.3 Å². The van der Waals surface area contributed by atoms with E-state index in [1.165, 1.54) is 11.1 Å². The molecule has 0 amide bonds. The fourth-order valence-corrected chi connectivity index (χ4v) is 4.59.